The second kappa shape index (κ2) is 6.31. The highest BCUT2D eigenvalue weighted by atomic mass is 16.5. The van der Waals surface area contributed by atoms with Gasteiger partial charge in [0.2, 0.25) is 5.95 Å². The average Bonchev–Trinajstić information content (AvgIpc) is 3.12. The van der Waals surface area contributed by atoms with Gasteiger partial charge in [0.1, 0.15) is 5.82 Å². The van der Waals surface area contributed by atoms with Crippen LogP contribution in [0.3, 0.4) is 0 Å². The Morgan fingerprint density at radius 1 is 1.41 bits per heavy atom. The fraction of sp³-hybridized carbons (Fsp3) is 0.533. The summed E-state index contributed by atoms with van der Waals surface area (Å²) in [5.41, 5.74) is 10.2. The molecule has 2 aromatic heterocycles. The molecule has 118 valence electrons. The molecule has 22 heavy (non-hydrogen) atoms. The van der Waals surface area contributed by atoms with Crippen LogP contribution in [0.5, 0.6) is 0 Å². The van der Waals surface area contributed by atoms with Gasteiger partial charge >= 0.3 is 0 Å². The Kier molecular flexibility index (Phi) is 4.24. The smallest absolute Gasteiger partial charge is 0.222 e. The number of nitrogens with two attached hydrogens (primary N) is 1. The molecule has 1 aliphatic heterocycles. The normalized spacial score (nSPS) is 17.8. The molecule has 1 aliphatic rings. The molecule has 0 bridgehead atoms. The number of nitrogens with one attached hydrogen (secondary N) is 2. The third-order valence-electron chi connectivity index (χ3n) is 4.07. The van der Waals surface area contributed by atoms with Crippen LogP contribution in [0.15, 0.2) is 6.07 Å². The number of nitrogens with zero attached hydrogens (tertiary/aromatic N) is 3. The number of anilines is 2. The molecule has 1 fully saturated rings. The SMILES string of the molecule is Cc1n[nH]c(C)c1CCNc1cc([C@@H]2CCOC2)nc(N)n1. The number of aromatic nitrogens is 4. The first-order chi connectivity index (χ1) is 10.6. The Morgan fingerprint density at radius 3 is 2.95 bits per heavy atom. The maximum Gasteiger partial charge on any atom is 0.222 e. The fourth-order valence-corrected chi connectivity index (χ4v) is 2.81. The van der Waals surface area contributed by atoms with Gasteiger partial charge in [-0.1, -0.05) is 0 Å². The van der Waals surface area contributed by atoms with E-state index in [4.69, 9.17) is 10.5 Å². The number of rotatable bonds is 5. The molecule has 0 saturated carbocycles. The minimum absolute atomic E-state index is 0.308. The predicted octanol–water partition coefficient (Wildman–Crippen LogP) is 1.56. The fourth-order valence-electron chi connectivity index (χ4n) is 2.81. The average molecular weight is 302 g/mol. The summed E-state index contributed by atoms with van der Waals surface area (Å²) in [6.45, 7) is 6.33. The lowest BCUT2D eigenvalue weighted by Crippen LogP contribution is -2.11. The zero-order valence-electron chi connectivity index (χ0n) is 13.0. The molecule has 3 rings (SSSR count). The van der Waals surface area contributed by atoms with Crippen LogP contribution in [-0.4, -0.2) is 39.9 Å². The van der Waals surface area contributed by atoms with Gasteiger partial charge in [0.15, 0.2) is 0 Å². The molecule has 0 aromatic carbocycles. The minimum atomic E-state index is 0.308. The van der Waals surface area contributed by atoms with Crippen molar-refractivity contribution in [3.63, 3.8) is 0 Å². The van der Waals surface area contributed by atoms with E-state index in [0.717, 1.165) is 48.9 Å². The van der Waals surface area contributed by atoms with Crippen LogP contribution < -0.4 is 11.1 Å². The van der Waals surface area contributed by atoms with Gasteiger partial charge in [0, 0.05) is 30.8 Å². The minimum Gasteiger partial charge on any atom is -0.381 e. The van der Waals surface area contributed by atoms with Crippen LogP contribution in [0, 0.1) is 13.8 Å². The molecule has 1 atom stereocenters. The van der Waals surface area contributed by atoms with Crippen LogP contribution in [-0.2, 0) is 11.2 Å². The lowest BCUT2D eigenvalue weighted by atomic mass is 10.0. The summed E-state index contributed by atoms with van der Waals surface area (Å²) in [5.74, 6) is 1.40. The summed E-state index contributed by atoms with van der Waals surface area (Å²) < 4.78 is 5.42. The van der Waals surface area contributed by atoms with E-state index in [1.54, 1.807) is 0 Å². The van der Waals surface area contributed by atoms with E-state index < -0.39 is 0 Å². The van der Waals surface area contributed by atoms with Gasteiger partial charge in [-0.3, -0.25) is 5.10 Å². The molecule has 0 unspecified atom stereocenters. The van der Waals surface area contributed by atoms with Gasteiger partial charge in [-0.25, -0.2) is 4.98 Å². The van der Waals surface area contributed by atoms with Gasteiger partial charge in [-0.15, -0.1) is 0 Å². The van der Waals surface area contributed by atoms with Crippen molar-refractivity contribution >= 4 is 11.8 Å². The van der Waals surface area contributed by atoms with E-state index in [1.165, 1.54) is 5.56 Å². The number of nitrogen functional groups attached to an aromatic ring is 1. The zero-order chi connectivity index (χ0) is 15.5. The Bertz CT molecular complexity index is 628. The number of aromatic amines is 1. The molecule has 0 aliphatic carbocycles. The first kappa shape index (κ1) is 14.8. The van der Waals surface area contributed by atoms with Crippen LogP contribution in [0.2, 0.25) is 0 Å². The lowest BCUT2D eigenvalue weighted by molar-refractivity contribution is 0.193. The standard InChI is InChI=1S/C15H22N6O/c1-9-12(10(2)21-20-9)3-5-17-14-7-13(18-15(16)19-14)11-4-6-22-8-11/h7,11H,3-6,8H2,1-2H3,(H,20,21)(H3,16,17,18,19)/t11-/m1/s1. The van der Waals surface area contributed by atoms with Crippen molar-refractivity contribution in [3.8, 4) is 0 Å². The van der Waals surface area contributed by atoms with Crippen molar-refractivity contribution < 1.29 is 4.74 Å². The van der Waals surface area contributed by atoms with Gasteiger partial charge in [-0.2, -0.15) is 10.1 Å². The van der Waals surface area contributed by atoms with Gasteiger partial charge in [0.05, 0.1) is 18.0 Å². The number of hydrogen-bond acceptors (Lipinski definition) is 6. The molecule has 0 spiro atoms. The Balaban J connectivity index is 1.65. The third-order valence-corrected chi connectivity index (χ3v) is 4.07. The Hall–Kier alpha value is -2.15. The molecule has 1 saturated heterocycles. The second-order valence-corrected chi connectivity index (χ2v) is 5.69. The molecule has 4 N–H and O–H groups in total. The summed E-state index contributed by atoms with van der Waals surface area (Å²) in [6.07, 6.45) is 1.88. The van der Waals surface area contributed by atoms with Crippen LogP contribution in [0.25, 0.3) is 0 Å². The summed E-state index contributed by atoms with van der Waals surface area (Å²) in [7, 11) is 0. The molecule has 7 nitrogen and oxygen atoms in total. The summed E-state index contributed by atoms with van der Waals surface area (Å²) in [5, 5.41) is 10.5. The quantitative estimate of drug-likeness (QED) is 0.774. The summed E-state index contributed by atoms with van der Waals surface area (Å²) >= 11 is 0. The van der Waals surface area contributed by atoms with E-state index in [9.17, 15) is 0 Å². The van der Waals surface area contributed by atoms with E-state index in [1.807, 2.05) is 19.9 Å². The van der Waals surface area contributed by atoms with Crippen LogP contribution >= 0.6 is 0 Å². The van der Waals surface area contributed by atoms with Crippen LogP contribution in [0.4, 0.5) is 11.8 Å². The van der Waals surface area contributed by atoms with Crippen LogP contribution in [0.1, 0.15) is 35.0 Å². The maximum atomic E-state index is 5.82. The number of hydrogen-bond donors (Lipinski definition) is 3. The molecule has 3 heterocycles. The molecule has 0 amide bonds. The van der Waals surface area contributed by atoms with Gasteiger partial charge < -0.3 is 15.8 Å². The zero-order valence-corrected chi connectivity index (χ0v) is 13.0. The second-order valence-electron chi connectivity index (χ2n) is 5.69. The van der Waals surface area contributed by atoms with Crippen molar-refractivity contribution in [2.75, 3.05) is 30.8 Å². The highest BCUT2D eigenvalue weighted by Crippen LogP contribution is 2.25. The molecule has 0 radical (unpaired) electrons. The van der Waals surface area contributed by atoms with Gasteiger partial charge in [-0.05, 0) is 32.3 Å². The third kappa shape index (κ3) is 3.19. The van der Waals surface area contributed by atoms with Crippen molar-refractivity contribution in [2.45, 2.75) is 32.6 Å². The number of ether oxygens (including phenoxy) is 1. The van der Waals surface area contributed by atoms with E-state index in [2.05, 4.69) is 25.5 Å². The summed E-state index contributed by atoms with van der Waals surface area (Å²) in [6, 6.07) is 1.98. The topological polar surface area (TPSA) is 102 Å². The molecular formula is C15H22N6O. The molecular weight excluding hydrogens is 280 g/mol. The van der Waals surface area contributed by atoms with E-state index in [-0.39, 0.29) is 0 Å². The maximum absolute atomic E-state index is 5.82. The highest BCUT2D eigenvalue weighted by Gasteiger charge is 2.20. The first-order valence-corrected chi connectivity index (χ1v) is 7.60. The van der Waals surface area contributed by atoms with E-state index in [0.29, 0.717) is 18.5 Å². The number of H-pyrrole nitrogens is 1. The van der Waals surface area contributed by atoms with Crippen molar-refractivity contribution in [2.24, 2.45) is 0 Å². The lowest BCUT2D eigenvalue weighted by Gasteiger charge is -2.11. The first-order valence-electron chi connectivity index (χ1n) is 7.60. The molecule has 2 aromatic rings. The Labute approximate surface area is 129 Å². The highest BCUT2D eigenvalue weighted by molar-refractivity contribution is 5.42. The van der Waals surface area contributed by atoms with Crippen molar-refractivity contribution in [3.05, 3.63) is 28.7 Å². The number of aryl methyl sites for hydroxylation is 2. The molecule has 7 heteroatoms. The van der Waals surface area contributed by atoms with Crippen molar-refractivity contribution in [1.29, 1.82) is 0 Å². The Morgan fingerprint density at radius 2 is 2.27 bits per heavy atom. The predicted molar refractivity (Wildman–Crippen MR) is 84.9 cm³/mol. The monoisotopic (exact) mass is 302 g/mol. The van der Waals surface area contributed by atoms with E-state index >= 15 is 0 Å². The van der Waals surface area contributed by atoms with Crippen molar-refractivity contribution in [1.82, 2.24) is 20.2 Å². The largest absolute Gasteiger partial charge is 0.381 e. The van der Waals surface area contributed by atoms with Gasteiger partial charge in [0.25, 0.3) is 0 Å². The summed E-state index contributed by atoms with van der Waals surface area (Å²) in [4.78, 5) is 8.59.